The third kappa shape index (κ3) is 2.67. The van der Waals surface area contributed by atoms with Crippen molar-refractivity contribution in [2.75, 3.05) is 11.9 Å². The Balaban J connectivity index is 2.22. The zero-order valence-electron chi connectivity index (χ0n) is 10.5. The molecule has 0 aliphatic carbocycles. The first kappa shape index (κ1) is 14.1. The molecule has 8 heteroatoms. The molecule has 0 bridgehead atoms. The van der Waals surface area contributed by atoms with E-state index in [2.05, 4.69) is 10.3 Å². The number of rotatable bonds is 2. The zero-order chi connectivity index (χ0) is 15.0. The van der Waals surface area contributed by atoms with E-state index in [4.69, 9.17) is 23.8 Å². The maximum absolute atomic E-state index is 11.2. The summed E-state index contributed by atoms with van der Waals surface area (Å²) in [6.45, 7) is 0.287. The summed E-state index contributed by atoms with van der Waals surface area (Å²) in [7, 11) is 0. The minimum absolute atomic E-state index is 0.0114. The Kier molecular flexibility index (Phi) is 3.71. The number of fused-ring (bicyclic) bond motifs is 1. The van der Waals surface area contributed by atoms with Crippen LogP contribution >= 0.6 is 35.2 Å². The highest BCUT2D eigenvalue weighted by atomic mass is 35.5. The molecule has 0 atom stereocenters. The molecule has 0 unspecified atom stereocenters. The second-order valence-corrected chi connectivity index (χ2v) is 6.46. The van der Waals surface area contributed by atoms with Crippen LogP contribution < -0.4 is 5.32 Å². The minimum atomic E-state index is -0.415. The second kappa shape index (κ2) is 5.51. The van der Waals surface area contributed by atoms with E-state index in [9.17, 15) is 10.1 Å². The topological polar surface area (TPSA) is 67.5 Å². The molecule has 2 aromatic rings. The largest absolute Gasteiger partial charge is 0.340 e. The number of thiocarbonyl (C=S) groups is 1. The lowest BCUT2D eigenvalue weighted by Gasteiger charge is -2.06. The van der Waals surface area contributed by atoms with Gasteiger partial charge < -0.3 is 5.32 Å². The number of hydrogen-bond donors (Lipinski definition) is 1. The predicted octanol–water partition coefficient (Wildman–Crippen LogP) is 3.90. The van der Waals surface area contributed by atoms with Crippen LogP contribution in [0.4, 0.5) is 10.7 Å². The third-order valence-corrected chi connectivity index (χ3v) is 4.36. The number of aliphatic imine (C=N–C) groups is 1. The molecule has 0 spiro atoms. The first-order valence-electron chi connectivity index (χ1n) is 5.94. The molecule has 1 aromatic carbocycles. The van der Waals surface area contributed by atoms with Crippen molar-refractivity contribution in [2.45, 2.75) is 0 Å². The van der Waals surface area contributed by atoms with E-state index in [0.29, 0.717) is 20.6 Å². The van der Waals surface area contributed by atoms with Gasteiger partial charge in [0.2, 0.25) is 0 Å². The van der Waals surface area contributed by atoms with Crippen molar-refractivity contribution in [3.05, 3.63) is 55.9 Å². The maximum Gasteiger partial charge on any atom is 0.278 e. The highest BCUT2D eigenvalue weighted by molar-refractivity contribution is 7.80. The fourth-order valence-corrected chi connectivity index (χ4v) is 3.48. The summed E-state index contributed by atoms with van der Waals surface area (Å²) in [5, 5.41) is 15.1. The van der Waals surface area contributed by atoms with Crippen LogP contribution in [0.15, 0.2) is 35.3 Å². The molecule has 0 radical (unpaired) electrons. The summed E-state index contributed by atoms with van der Waals surface area (Å²) in [5.41, 5.74) is 1.74. The van der Waals surface area contributed by atoms with Crippen molar-refractivity contribution in [3.8, 4) is 0 Å². The lowest BCUT2D eigenvalue weighted by Crippen LogP contribution is -2.09. The van der Waals surface area contributed by atoms with Crippen molar-refractivity contribution in [2.24, 2.45) is 4.99 Å². The number of thiophene rings is 1. The van der Waals surface area contributed by atoms with Crippen molar-refractivity contribution >= 4 is 56.5 Å². The standard InChI is InChI=1S/C13H8ClN3O2S2/c14-10-5-8-12(15-6-11(20)16-13(8)21-10)7-3-1-2-4-9(7)17(18)19/h1-5H,6H2,(H,16,20). The maximum atomic E-state index is 11.2. The van der Waals surface area contributed by atoms with Crippen molar-refractivity contribution in [3.63, 3.8) is 0 Å². The van der Waals surface area contributed by atoms with E-state index < -0.39 is 4.92 Å². The molecule has 2 heterocycles. The molecule has 1 aromatic heterocycles. The lowest BCUT2D eigenvalue weighted by atomic mass is 10.0. The number of para-hydroxylation sites is 1. The van der Waals surface area contributed by atoms with Gasteiger partial charge in [0.25, 0.3) is 5.69 Å². The third-order valence-electron chi connectivity index (χ3n) is 2.95. The van der Waals surface area contributed by atoms with Gasteiger partial charge in [-0.25, -0.2) is 0 Å². The van der Waals surface area contributed by atoms with E-state index >= 15 is 0 Å². The van der Waals surface area contributed by atoms with Gasteiger partial charge in [-0.3, -0.25) is 15.1 Å². The predicted molar refractivity (Wildman–Crippen MR) is 89.2 cm³/mol. The summed E-state index contributed by atoms with van der Waals surface area (Å²) in [6.07, 6.45) is 0. The molecule has 21 heavy (non-hydrogen) atoms. The van der Waals surface area contributed by atoms with E-state index in [-0.39, 0.29) is 12.2 Å². The van der Waals surface area contributed by atoms with Crippen LogP contribution in [0, 0.1) is 10.1 Å². The van der Waals surface area contributed by atoms with E-state index in [1.807, 2.05) is 0 Å². The number of nitro benzene ring substituents is 1. The van der Waals surface area contributed by atoms with Gasteiger partial charge in [-0.15, -0.1) is 11.3 Å². The molecule has 1 aliphatic rings. The van der Waals surface area contributed by atoms with Crippen molar-refractivity contribution < 1.29 is 4.92 Å². The van der Waals surface area contributed by atoms with Crippen LogP contribution in [0.2, 0.25) is 4.34 Å². The second-order valence-electron chi connectivity index (χ2n) is 4.28. The molecule has 106 valence electrons. The SMILES string of the molecule is O=[N+]([O-])c1ccccc1C1=NCC(=S)Nc2sc(Cl)cc21. The van der Waals surface area contributed by atoms with Gasteiger partial charge >= 0.3 is 0 Å². The molecular formula is C13H8ClN3O2S2. The van der Waals surface area contributed by atoms with E-state index in [0.717, 1.165) is 10.6 Å². The molecule has 5 nitrogen and oxygen atoms in total. The number of nitrogens with one attached hydrogen (secondary N) is 1. The van der Waals surface area contributed by atoms with Crippen LogP contribution in [0.3, 0.4) is 0 Å². The molecule has 0 amide bonds. The van der Waals surface area contributed by atoms with E-state index in [1.54, 1.807) is 24.3 Å². The van der Waals surface area contributed by atoms with Gasteiger partial charge in [0.1, 0.15) is 9.99 Å². The highest BCUT2D eigenvalue weighted by Crippen LogP contribution is 2.36. The van der Waals surface area contributed by atoms with Crippen LogP contribution in [0.25, 0.3) is 0 Å². The van der Waals surface area contributed by atoms with Gasteiger partial charge in [-0.2, -0.15) is 0 Å². The number of nitro groups is 1. The first-order chi connectivity index (χ1) is 10.1. The quantitative estimate of drug-likeness (QED) is 0.512. The van der Waals surface area contributed by atoms with Gasteiger partial charge in [-0.05, 0) is 12.1 Å². The fourth-order valence-electron chi connectivity index (χ4n) is 2.10. The van der Waals surface area contributed by atoms with Gasteiger partial charge in [0.05, 0.1) is 27.1 Å². The normalized spacial score (nSPS) is 14.0. The Bertz CT molecular complexity index is 785. The molecule has 3 rings (SSSR count). The Morgan fingerprint density at radius 2 is 2.14 bits per heavy atom. The Labute approximate surface area is 134 Å². The average molecular weight is 338 g/mol. The smallest absolute Gasteiger partial charge is 0.278 e. The number of benzene rings is 1. The van der Waals surface area contributed by atoms with Crippen molar-refractivity contribution in [1.82, 2.24) is 0 Å². The number of anilines is 1. The number of hydrogen-bond acceptors (Lipinski definition) is 5. The highest BCUT2D eigenvalue weighted by Gasteiger charge is 2.24. The lowest BCUT2D eigenvalue weighted by molar-refractivity contribution is -0.385. The zero-order valence-corrected chi connectivity index (χ0v) is 12.9. The molecule has 1 N–H and O–H groups in total. The molecule has 0 saturated heterocycles. The Morgan fingerprint density at radius 3 is 2.90 bits per heavy atom. The summed E-state index contributed by atoms with van der Waals surface area (Å²) in [6, 6.07) is 8.26. The molecule has 0 fully saturated rings. The van der Waals surface area contributed by atoms with Crippen LogP contribution in [0.1, 0.15) is 11.1 Å². The van der Waals surface area contributed by atoms with Crippen LogP contribution in [-0.4, -0.2) is 22.2 Å². The van der Waals surface area contributed by atoms with Crippen LogP contribution in [0.5, 0.6) is 0 Å². The van der Waals surface area contributed by atoms with Crippen LogP contribution in [-0.2, 0) is 0 Å². The van der Waals surface area contributed by atoms with Gasteiger partial charge in [-0.1, -0.05) is 36.0 Å². The number of nitrogens with zero attached hydrogens (tertiary/aromatic N) is 2. The summed E-state index contributed by atoms with van der Waals surface area (Å²) < 4.78 is 0.573. The monoisotopic (exact) mass is 337 g/mol. The van der Waals surface area contributed by atoms with E-state index in [1.165, 1.54) is 17.4 Å². The first-order valence-corrected chi connectivity index (χ1v) is 7.54. The Morgan fingerprint density at radius 1 is 1.38 bits per heavy atom. The molecule has 1 aliphatic heterocycles. The van der Waals surface area contributed by atoms with Gasteiger partial charge in [0.15, 0.2) is 0 Å². The molecular weight excluding hydrogens is 330 g/mol. The Hall–Kier alpha value is -1.83. The van der Waals surface area contributed by atoms with Crippen molar-refractivity contribution in [1.29, 1.82) is 0 Å². The minimum Gasteiger partial charge on any atom is -0.340 e. The average Bonchev–Trinajstić information content (AvgIpc) is 2.72. The molecule has 0 saturated carbocycles. The fraction of sp³-hybridized carbons (Fsp3) is 0.0769. The number of halogens is 1. The summed E-state index contributed by atoms with van der Waals surface area (Å²) >= 11 is 12.6. The van der Waals surface area contributed by atoms with Gasteiger partial charge in [0, 0.05) is 11.6 Å². The summed E-state index contributed by atoms with van der Waals surface area (Å²) in [4.78, 5) is 15.8. The summed E-state index contributed by atoms with van der Waals surface area (Å²) in [5.74, 6) is 0.